The average molecular weight is 221 g/mol. The first kappa shape index (κ1) is 10.9. The maximum Gasteiger partial charge on any atom is 0.246 e. The summed E-state index contributed by atoms with van der Waals surface area (Å²) in [6.07, 6.45) is 4.95. The second-order valence-corrected chi connectivity index (χ2v) is 3.70. The number of aromatic nitrogens is 2. The Hall–Kier alpha value is -1.62. The molecule has 0 saturated carbocycles. The van der Waals surface area contributed by atoms with E-state index in [0.717, 1.165) is 0 Å². The Morgan fingerprint density at radius 3 is 3.19 bits per heavy atom. The van der Waals surface area contributed by atoms with Crippen molar-refractivity contribution in [3.05, 3.63) is 31.1 Å². The molecule has 1 amide bonds. The van der Waals surface area contributed by atoms with Gasteiger partial charge < -0.3 is 9.64 Å². The third-order valence-corrected chi connectivity index (χ3v) is 2.63. The summed E-state index contributed by atoms with van der Waals surface area (Å²) in [5, 5.41) is 4.17. The van der Waals surface area contributed by atoms with Crippen molar-refractivity contribution in [2.45, 2.75) is 6.04 Å². The standard InChI is InChI=1S/C11H15N3O2/c1-2-11(15)13-6-7-16-9-10(8-13)14-5-3-4-12-14/h2-5,10H,1,6-9H2. The monoisotopic (exact) mass is 221 g/mol. The largest absolute Gasteiger partial charge is 0.377 e. The van der Waals surface area contributed by atoms with Crippen LogP contribution < -0.4 is 0 Å². The van der Waals surface area contributed by atoms with Gasteiger partial charge in [-0.25, -0.2) is 0 Å². The van der Waals surface area contributed by atoms with Crippen LogP contribution in [0.5, 0.6) is 0 Å². The molecule has 5 heteroatoms. The summed E-state index contributed by atoms with van der Waals surface area (Å²) in [5.41, 5.74) is 0. The van der Waals surface area contributed by atoms with E-state index in [1.165, 1.54) is 6.08 Å². The van der Waals surface area contributed by atoms with Crippen LogP contribution >= 0.6 is 0 Å². The molecule has 5 nitrogen and oxygen atoms in total. The quantitative estimate of drug-likeness (QED) is 0.682. The summed E-state index contributed by atoms with van der Waals surface area (Å²) in [6.45, 7) is 5.88. The van der Waals surface area contributed by atoms with Crippen molar-refractivity contribution in [2.75, 3.05) is 26.3 Å². The van der Waals surface area contributed by atoms with Crippen LogP contribution in [0.3, 0.4) is 0 Å². The van der Waals surface area contributed by atoms with E-state index in [1.54, 1.807) is 11.1 Å². The first-order valence-electron chi connectivity index (χ1n) is 5.29. The van der Waals surface area contributed by atoms with E-state index in [0.29, 0.717) is 26.3 Å². The van der Waals surface area contributed by atoms with Crippen molar-refractivity contribution in [1.82, 2.24) is 14.7 Å². The number of nitrogens with zero attached hydrogens (tertiary/aromatic N) is 3. The van der Waals surface area contributed by atoms with Gasteiger partial charge in [-0.3, -0.25) is 9.48 Å². The number of carbonyl (C=O) groups is 1. The zero-order valence-electron chi connectivity index (χ0n) is 9.08. The van der Waals surface area contributed by atoms with E-state index in [-0.39, 0.29) is 11.9 Å². The van der Waals surface area contributed by atoms with E-state index in [9.17, 15) is 4.79 Å². The van der Waals surface area contributed by atoms with Crippen LogP contribution in [0, 0.1) is 0 Å². The molecular weight excluding hydrogens is 206 g/mol. The molecule has 0 aromatic carbocycles. The Morgan fingerprint density at radius 1 is 1.62 bits per heavy atom. The second-order valence-electron chi connectivity index (χ2n) is 3.70. The Morgan fingerprint density at radius 2 is 2.50 bits per heavy atom. The average Bonchev–Trinajstić information content (AvgIpc) is 2.73. The van der Waals surface area contributed by atoms with E-state index < -0.39 is 0 Å². The molecule has 1 aromatic heterocycles. The summed E-state index contributed by atoms with van der Waals surface area (Å²) in [6, 6.07) is 1.95. The molecule has 0 aliphatic carbocycles. The third kappa shape index (κ3) is 2.30. The van der Waals surface area contributed by atoms with Crippen LogP contribution in [0.1, 0.15) is 6.04 Å². The van der Waals surface area contributed by atoms with E-state index >= 15 is 0 Å². The van der Waals surface area contributed by atoms with Crippen molar-refractivity contribution in [2.24, 2.45) is 0 Å². The smallest absolute Gasteiger partial charge is 0.246 e. The zero-order chi connectivity index (χ0) is 11.4. The number of rotatable bonds is 2. The molecule has 0 spiro atoms. The molecule has 1 atom stereocenters. The minimum atomic E-state index is -0.0531. The number of carbonyl (C=O) groups excluding carboxylic acids is 1. The molecule has 1 aliphatic heterocycles. The molecular formula is C11H15N3O2. The maximum absolute atomic E-state index is 11.6. The normalized spacial score (nSPS) is 21.5. The summed E-state index contributed by atoms with van der Waals surface area (Å²) in [5.74, 6) is -0.0531. The molecule has 1 saturated heterocycles. The highest BCUT2D eigenvalue weighted by molar-refractivity contribution is 5.87. The number of amides is 1. The Bertz CT molecular complexity index is 361. The molecule has 0 bridgehead atoms. The summed E-state index contributed by atoms with van der Waals surface area (Å²) in [7, 11) is 0. The summed E-state index contributed by atoms with van der Waals surface area (Å²) in [4.78, 5) is 13.3. The fourth-order valence-corrected chi connectivity index (χ4v) is 1.78. The highest BCUT2D eigenvalue weighted by atomic mass is 16.5. The van der Waals surface area contributed by atoms with Gasteiger partial charge in [-0.1, -0.05) is 6.58 Å². The van der Waals surface area contributed by atoms with Crippen LogP contribution in [0.25, 0.3) is 0 Å². The van der Waals surface area contributed by atoms with Crippen LogP contribution in [-0.4, -0.2) is 46.9 Å². The van der Waals surface area contributed by atoms with Crippen molar-refractivity contribution >= 4 is 5.91 Å². The predicted molar refractivity (Wildman–Crippen MR) is 58.9 cm³/mol. The predicted octanol–water partition coefficient (Wildman–Crippen LogP) is 0.469. The molecule has 16 heavy (non-hydrogen) atoms. The number of hydrogen-bond donors (Lipinski definition) is 0. The fraction of sp³-hybridized carbons (Fsp3) is 0.455. The number of ether oxygens (including phenoxy) is 1. The fourth-order valence-electron chi connectivity index (χ4n) is 1.78. The van der Waals surface area contributed by atoms with Gasteiger partial charge in [0.05, 0.1) is 19.3 Å². The van der Waals surface area contributed by atoms with Crippen molar-refractivity contribution < 1.29 is 9.53 Å². The lowest BCUT2D eigenvalue weighted by molar-refractivity contribution is -0.126. The van der Waals surface area contributed by atoms with E-state index in [2.05, 4.69) is 11.7 Å². The van der Waals surface area contributed by atoms with Crippen LogP contribution in [0.4, 0.5) is 0 Å². The van der Waals surface area contributed by atoms with Gasteiger partial charge >= 0.3 is 0 Å². The van der Waals surface area contributed by atoms with Crippen LogP contribution in [0.2, 0.25) is 0 Å². The first-order chi connectivity index (χ1) is 7.81. The molecule has 1 fully saturated rings. The van der Waals surface area contributed by atoms with E-state index in [4.69, 9.17) is 4.74 Å². The van der Waals surface area contributed by atoms with Crippen molar-refractivity contribution in [3.8, 4) is 0 Å². The van der Waals surface area contributed by atoms with Gasteiger partial charge in [0.1, 0.15) is 0 Å². The molecule has 1 aromatic rings. The van der Waals surface area contributed by atoms with Crippen LogP contribution in [-0.2, 0) is 9.53 Å². The third-order valence-electron chi connectivity index (χ3n) is 2.63. The highest BCUT2D eigenvalue weighted by Crippen LogP contribution is 2.12. The minimum absolute atomic E-state index is 0.0531. The van der Waals surface area contributed by atoms with E-state index in [1.807, 2.05) is 16.9 Å². The Balaban J connectivity index is 2.09. The molecule has 2 rings (SSSR count). The SMILES string of the molecule is C=CC(=O)N1CCOCC(n2cccn2)C1. The topological polar surface area (TPSA) is 47.4 Å². The van der Waals surface area contributed by atoms with Gasteiger partial charge in [0.15, 0.2) is 0 Å². The molecule has 86 valence electrons. The molecule has 0 N–H and O–H groups in total. The van der Waals surface area contributed by atoms with Crippen molar-refractivity contribution in [1.29, 1.82) is 0 Å². The first-order valence-corrected chi connectivity index (χ1v) is 5.29. The summed E-state index contributed by atoms with van der Waals surface area (Å²) < 4.78 is 7.29. The van der Waals surface area contributed by atoms with Gasteiger partial charge in [-0.2, -0.15) is 5.10 Å². The Kier molecular flexibility index (Phi) is 3.36. The van der Waals surface area contributed by atoms with Gasteiger partial charge in [0.25, 0.3) is 0 Å². The number of hydrogen-bond acceptors (Lipinski definition) is 3. The lowest BCUT2D eigenvalue weighted by Crippen LogP contribution is -2.35. The molecule has 1 aliphatic rings. The zero-order valence-corrected chi connectivity index (χ0v) is 9.08. The van der Waals surface area contributed by atoms with Gasteiger partial charge in [-0.15, -0.1) is 0 Å². The molecule has 1 unspecified atom stereocenters. The minimum Gasteiger partial charge on any atom is -0.377 e. The Labute approximate surface area is 94.3 Å². The highest BCUT2D eigenvalue weighted by Gasteiger charge is 2.22. The van der Waals surface area contributed by atoms with Gasteiger partial charge in [-0.05, 0) is 12.1 Å². The second kappa shape index (κ2) is 4.94. The van der Waals surface area contributed by atoms with Crippen LogP contribution in [0.15, 0.2) is 31.1 Å². The lowest BCUT2D eigenvalue weighted by Gasteiger charge is -2.22. The van der Waals surface area contributed by atoms with Gasteiger partial charge in [0, 0.05) is 25.5 Å². The van der Waals surface area contributed by atoms with Gasteiger partial charge in [0.2, 0.25) is 5.91 Å². The molecule has 0 radical (unpaired) electrons. The van der Waals surface area contributed by atoms with Crippen molar-refractivity contribution in [3.63, 3.8) is 0 Å². The molecule has 2 heterocycles. The lowest BCUT2D eigenvalue weighted by atomic mass is 10.3. The summed E-state index contributed by atoms with van der Waals surface area (Å²) >= 11 is 0. The maximum atomic E-state index is 11.6.